The van der Waals surface area contributed by atoms with E-state index >= 15 is 0 Å². The molecule has 0 aliphatic heterocycles. The van der Waals surface area contributed by atoms with E-state index in [2.05, 4.69) is 0 Å². The zero-order valence-corrected chi connectivity index (χ0v) is 11.1. The number of hydrogen-bond acceptors (Lipinski definition) is 4. The predicted octanol–water partition coefficient (Wildman–Crippen LogP) is 1.41. The number of hydrogen-bond donors (Lipinski definition) is 3. The summed E-state index contributed by atoms with van der Waals surface area (Å²) in [5.41, 5.74) is 1.84. The van der Waals surface area contributed by atoms with Crippen molar-refractivity contribution in [2.45, 2.75) is 17.1 Å². The van der Waals surface area contributed by atoms with Gasteiger partial charge < -0.3 is 10.2 Å². The molecule has 0 spiro atoms. The van der Waals surface area contributed by atoms with Gasteiger partial charge in [0, 0.05) is 0 Å². The molecule has 0 heterocycles. The van der Waals surface area contributed by atoms with E-state index in [9.17, 15) is 18.6 Å². The van der Waals surface area contributed by atoms with Gasteiger partial charge in [0.05, 0.1) is 4.90 Å². The van der Waals surface area contributed by atoms with Crippen LogP contribution in [-0.4, -0.2) is 23.2 Å². The van der Waals surface area contributed by atoms with E-state index < -0.39 is 22.3 Å². The minimum atomic E-state index is -4.35. The summed E-state index contributed by atoms with van der Waals surface area (Å²) >= 11 is 0. The number of aliphatic hydroxyl groups is 2. The van der Waals surface area contributed by atoms with Crippen LogP contribution in [-0.2, 0) is 10.1 Å². The zero-order chi connectivity index (χ0) is 14.5. The second kappa shape index (κ2) is 4.39. The summed E-state index contributed by atoms with van der Waals surface area (Å²) in [6, 6.07) is 10.7. The van der Waals surface area contributed by atoms with Crippen LogP contribution < -0.4 is 0 Å². The average Bonchev–Trinajstić information content (AvgIpc) is 2.43. The molecule has 0 saturated carbocycles. The Hall–Kier alpha value is -1.73. The summed E-state index contributed by atoms with van der Waals surface area (Å²) in [5, 5.41) is 20.6. The van der Waals surface area contributed by atoms with Gasteiger partial charge in [0.25, 0.3) is 10.1 Å². The lowest BCUT2D eigenvalue weighted by Gasteiger charge is -2.29. The van der Waals surface area contributed by atoms with Crippen LogP contribution >= 0.6 is 0 Å². The molecule has 2 atom stereocenters. The van der Waals surface area contributed by atoms with Crippen molar-refractivity contribution < 1.29 is 23.2 Å². The first-order chi connectivity index (χ1) is 9.39. The van der Waals surface area contributed by atoms with Crippen molar-refractivity contribution in [3.05, 3.63) is 64.7 Å². The third-order valence-corrected chi connectivity index (χ3v) is 4.38. The van der Waals surface area contributed by atoms with Gasteiger partial charge in [-0.3, -0.25) is 4.55 Å². The maximum Gasteiger partial charge on any atom is 0.294 e. The van der Waals surface area contributed by atoms with Crippen LogP contribution in [0.4, 0.5) is 0 Å². The summed E-state index contributed by atoms with van der Waals surface area (Å²) in [7, 11) is -4.35. The highest BCUT2D eigenvalue weighted by atomic mass is 32.2. The van der Waals surface area contributed by atoms with Crippen LogP contribution in [0.5, 0.6) is 0 Å². The molecule has 0 fully saturated rings. The van der Waals surface area contributed by atoms with Gasteiger partial charge in [-0.25, -0.2) is 0 Å². The second-order valence-electron chi connectivity index (χ2n) is 4.70. The van der Waals surface area contributed by atoms with Crippen molar-refractivity contribution in [3.63, 3.8) is 0 Å². The maximum atomic E-state index is 11.2. The Bertz CT molecular complexity index is 782. The summed E-state index contributed by atoms with van der Waals surface area (Å²) in [4.78, 5) is -0.304. The summed E-state index contributed by atoms with van der Waals surface area (Å²) in [5.74, 6) is 0. The van der Waals surface area contributed by atoms with Gasteiger partial charge in [0.2, 0.25) is 0 Å². The van der Waals surface area contributed by atoms with Crippen LogP contribution in [0, 0.1) is 0 Å². The largest absolute Gasteiger partial charge is 0.384 e. The second-order valence-corrected chi connectivity index (χ2v) is 6.12. The molecule has 0 amide bonds. The van der Waals surface area contributed by atoms with Crippen molar-refractivity contribution in [1.29, 1.82) is 0 Å². The van der Waals surface area contributed by atoms with Crippen molar-refractivity contribution in [2.75, 3.05) is 0 Å². The molecule has 2 aromatic carbocycles. The van der Waals surface area contributed by atoms with Crippen molar-refractivity contribution in [1.82, 2.24) is 0 Å². The molecule has 0 aromatic heterocycles. The molecule has 5 nitrogen and oxygen atoms in total. The zero-order valence-electron chi connectivity index (χ0n) is 10.3. The maximum absolute atomic E-state index is 11.2. The van der Waals surface area contributed by atoms with Crippen molar-refractivity contribution in [2.24, 2.45) is 0 Å². The lowest BCUT2D eigenvalue weighted by molar-refractivity contribution is 0.173. The number of rotatable bonds is 1. The molecule has 1 aliphatic rings. The molecule has 2 aromatic rings. The Kier molecular flexibility index (Phi) is 2.91. The van der Waals surface area contributed by atoms with Gasteiger partial charge in [-0.1, -0.05) is 30.3 Å². The third-order valence-electron chi connectivity index (χ3n) is 3.53. The standard InChI is InChI=1S/C14H12O5S/c15-13-9-3-1-2-4-10(9)14(16)12-7-8(20(17,18)19)5-6-11(12)13/h1-7,13-16H,(H,17,18,19). The predicted molar refractivity (Wildman–Crippen MR) is 70.8 cm³/mol. The van der Waals surface area contributed by atoms with Gasteiger partial charge in [-0.15, -0.1) is 0 Å². The molecule has 6 heteroatoms. The fraction of sp³-hybridized carbons (Fsp3) is 0.143. The Morgan fingerprint density at radius 2 is 1.30 bits per heavy atom. The highest BCUT2D eigenvalue weighted by molar-refractivity contribution is 7.85. The quantitative estimate of drug-likeness (QED) is 0.691. The van der Waals surface area contributed by atoms with Crippen LogP contribution in [0.2, 0.25) is 0 Å². The Morgan fingerprint density at radius 1 is 0.800 bits per heavy atom. The third kappa shape index (κ3) is 1.94. The monoisotopic (exact) mass is 292 g/mol. The highest BCUT2D eigenvalue weighted by Crippen LogP contribution is 2.41. The molecule has 104 valence electrons. The summed E-state index contributed by atoms with van der Waals surface area (Å²) in [6.07, 6.45) is -1.97. The van der Waals surface area contributed by atoms with Crippen molar-refractivity contribution >= 4 is 10.1 Å². The summed E-state index contributed by atoms with van der Waals surface area (Å²) < 4.78 is 31.4. The molecule has 3 N–H and O–H groups in total. The molecule has 0 saturated heterocycles. The van der Waals surface area contributed by atoms with Crippen LogP contribution in [0.3, 0.4) is 0 Å². The SMILES string of the molecule is O=S(=O)(O)c1ccc2c(c1)C(O)c1ccccc1C2O. The topological polar surface area (TPSA) is 94.8 Å². The van der Waals surface area contributed by atoms with Gasteiger partial charge in [0.1, 0.15) is 12.2 Å². The molecule has 2 unspecified atom stereocenters. The smallest absolute Gasteiger partial charge is 0.294 e. The minimum Gasteiger partial charge on any atom is -0.384 e. The van der Waals surface area contributed by atoms with Gasteiger partial charge in [0.15, 0.2) is 0 Å². The number of benzene rings is 2. The lowest BCUT2D eigenvalue weighted by Crippen LogP contribution is -2.18. The highest BCUT2D eigenvalue weighted by Gasteiger charge is 2.30. The molecule has 0 radical (unpaired) electrons. The number of aliphatic hydroxyl groups excluding tert-OH is 2. The van der Waals surface area contributed by atoms with Gasteiger partial charge in [-0.2, -0.15) is 8.42 Å². The van der Waals surface area contributed by atoms with Gasteiger partial charge in [-0.05, 0) is 34.4 Å². The van der Waals surface area contributed by atoms with E-state index in [0.717, 1.165) is 0 Å². The molecule has 3 rings (SSSR count). The van der Waals surface area contributed by atoms with E-state index in [1.54, 1.807) is 24.3 Å². The number of fused-ring (bicyclic) bond motifs is 2. The van der Waals surface area contributed by atoms with E-state index in [4.69, 9.17) is 4.55 Å². The lowest BCUT2D eigenvalue weighted by atomic mass is 9.82. The fourth-order valence-electron chi connectivity index (χ4n) is 2.54. The molecule has 20 heavy (non-hydrogen) atoms. The Morgan fingerprint density at radius 3 is 1.85 bits per heavy atom. The fourth-order valence-corrected chi connectivity index (χ4v) is 3.06. The Balaban J connectivity index is 2.23. The van der Waals surface area contributed by atoms with Crippen LogP contribution in [0.25, 0.3) is 0 Å². The van der Waals surface area contributed by atoms with E-state index in [1.807, 2.05) is 0 Å². The molecule has 0 bridgehead atoms. The van der Waals surface area contributed by atoms with E-state index in [1.165, 1.54) is 18.2 Å². The van der Waals surface area contributed by atoms with Crippen molar-refractivity contribution in [3.8, 4) is 0 Å². The summed E-state index contributed by atoms with van der Waals surface area (Å²) in [6.45, 7) is 0. The van der Waals surface area contributed by atoms with Crippen LogP contribution in [0.1, 0.15) is 34.5 Å². The van der Waals surface area contributed by atoms with E-state index in [-0.39, 0.29) is 10.5 Å². The first-order valence-electron chi connectivity index (χ1n) is 5.96. The normalized spacial score (nSPS) is 21.1. The van der Waals surface area contributed by atoms with Gasteiger partial charge >= 0.3 is 0 Å². The molecule has 1 aliphatic carbocycles. The average molecular weight is 292 g/mol. The van der Waals surface area contributed by atoms with E-state index in [0.29, 0.717) is 16.7 Å². The minimum absolute atomic E-state index is 0.284. The molecular formula is C14H12O5S. The Labute approximate surface area is 115 Å². The first-order valence-corrected chi connectivity index (χ1v) is 7.40. The molecular weight excluding hydrogens is 280 g/mol. The van der Waals surface area contributed by atoms with Crippen LogP contribution in [0.15, 0.2) is 47.4 Å². The first kappa shape index (κ1) is 13.3.